The molecule has 1 unspecified atom stereocenters. The second-order valence-corrected chi connectivity index (χ2v) is 3.21. The first kappa shape index (κ1) is 9.96. The van der Waals surface area contributed by atoms with Crippen LogP contribution in [0.4, 0.5) is 4.39 Å². The Balaban J connectivity index is 2.85. The molecule has 0 heterocycles. The Morgan fingerprint density at radius 3 is 2.54 bits per heavy atom. The molecule has 0 aliphatic rings. The molecule has 0 amide bonds. The van der Waals surface area contributed by atoms with E-state index in [1.165, 1.54) is 6.08 Å². The average molecular weight is 197 g/mol. The third kappa shape index (κ3) is 2.68. The predicted octanol–water partition coefficient (Wildman–Crippen LogP) is 2.71. The first-order valence-electron chi connectivity index (χ1n) is 3.63. The molecular weight excluding hydrogens is 189 g/mol. The number of hydrogen-bond donors (Lipinski definition) is 0. The minimum absolute atomic E-state index is 0.376. The molecule has 0 N–H and O–H groups in total. The Kier molecular flexibility index (Phi) is 3.68. The quantitative estimate of drug-likeness (QED) is 0.322. The molecule has 4 heteroatoms. The zero-order valence-corrected chi connectivity index (χ0v) is 7.84. The molecule has 0 saturated carbocycles. The molecule has 0 radical (unpaired) electrons. The van der Waals surface area contributed by atoms with Crippen LogP contribution in [0.1, 0.15) is 11.9 Å². The fraction of sp³-hybridized carbons (Fsp3) is 0.222. The highest BCUT2D eigenvalue weighted by Crippen LogP contribution is 2.21. The van der Waals surface area contributed by atoms with Crippen LogP contribution in [-0.4, -0.2) is 12.3 Å². The van der Waals surface area contributed by atoms with Crippen molar-refractivity contribution < 1.29 is 9.18 Å². The number of hydrogen-bond acceptors (Lipinski definition) is 3. The lowest BCUT2D eigenvalue weighted by Gasteiger charge is -2.01. The molecule has 1 rings (SSSR count). The number of alkyl halides is 1. The van der Waals surface area contributed by atoms with Crippen LogP contribution in [0.2, 0.25) is 0 Å². The number of halogens is 1. The predicted molar refractivity (Wildman–Crippen MR) is 50.2 cm³/mol. The Bertz CT molecular complexity index is 319. The number of carbonyl (C=O) groups excluding carboxylic acids is 1. The molecular formula is C9H8FNOS. The van der Waals surface area contributed by atoms with Gasteiger partial charge in [0.1, 0.15) is 0 Å². The van der Waals surface area contributed by atoms with Crippen LogP contribution >= 0.6 is 11.8 Å². The van der Waals surface area contributed by atoms with Gasteiger partial charge in [-0.25, -0.2) is 9.18 Å². The smallest absolute Gasteiger partial charge is 0.215 e. The van der Waals surface area contributed by atoms with E-state index in [1.54, 1.807) is 36.0 Å². The monoisotopic (exact) mass is 197 g/mol. The van der Waals surface area contributed by atoms with Crippen molar-refractivity contribution in [3.63, 3.8) is 0 Å². The molecule has 0 fully saturated rings. The maximum Gasteiger partial charge on any atom is 0.238 e. The molecule has 1 atom stereocenters. The summed E-state index contributed by atoms with van der Waals surface area (Å²) >= 11 is 1.57. The van der Waals surface area contributed by atoms with E-state index in [-0.39, 0.29) is 0 Å². The lowest BCUT2D eigenvalue weighted by atomic mass is 10.2. The molecule has 68 valence electrons. The molecule has 0 aliphatic heterocycles. The summed E-state index contributed by atoms with van der Waals surface area (Å²) < 4.78 is 12.9. The molecule has 2 nitrogen and oxygen atoms in total. The standard InChI is InChI=1S/C9H8FNOS/c1-13-8-4-2-7(3-5-8)9(10)11-6-12/h2-5,9H,1H3. The second-order valence-electron chi connectivity index (χ2n) is 2.33. The summed E-state index contributed by atoms with van der Waals surface area (Å²) in [6.07, 6.45) is 1.54. The normalized spacial score (nSPS) is 11.8. The van der Waals surface area contributed by atoms with Crippen molar-refractivity contribution in [2.45, 2.75) is 11.2 Å². The van der Waals surface area contributed by atoms with Crippen LogP contribution in [0.3, 0.4) is 0 Å². The van der Waals surface area contributed by atoms with Gasteiger partial charge >= 0.3 is 0 Å². The van der Waals surface area contributed by atoms with Crippen LogP contribution in [0.15, 0.2) is 34.2 Å². The highest BCUT2D eigenvalue weighted by Gasteiger charge is 2.05. The largest absolute Gasteiger partial charge is 0.238 e. The molecule has 13 heavy (non-hydrogen) atoms. The molecule has 0 aromatic heterocycles. The van der Waals surface area contributed by atoms with Crippen LogP contribution in [0.25, 0.3) is 0 Å². The van der Waals surface area contributed by atoms with Gasteiger partial charge < -0.3 is 0 Å². The van der Waals surface area contributed by atoms with Crippen LogP contribution < -0.4 is 0 Å². The summed E-state index contributed by atoms with van der Waals surface area (Å²) in [4.78, 5) is 13.8. The van der Waals surface area contributed by atoms with Crippen molar-refractivity contribution >= 4 is 17.8 Å². The number of thioether (sulfide) groups is 1. The van der Waals surface area contributed by atoms with Gasteiger partial charge in [-0.3, -0.25) is 0 Å². The Morgan fingerprint density at radius 1 is 1.46 bits per heavy atom. The van der Waals surface area contributed by atoms with Crippen molar-refractivity contribution in [1.29, 1.82) is 0 Å². The lowest BCUT2D eigenvalue weighted by Crippen LogP contribution is -1.86. The van der Waals surface area contributed by atoms with Gasteiger partial charge in [-0.1, -0.05) is 12.1 Å². The van der Waals surface area contributed by atoms with Gasteiger partial charge in [0, 0.05) is 10.5 Å². The van der Waals surface area contributed by atoms with E-state index in [4.69, 9.17) is 0 Å². The summed E-state index contributed by atoms with van der Waals surface area (Å²) in [5, 5.41) is 0. The second kappa shape index (κ2) is 4.80. The minimum atomic E-state index is -1.59. The van der Waals surface area contributed by atoms with Crippen molar-refractivity contribution in [3.05, 3.63) is 29.8 Å². The van der Waals surface area contributed by atoms with E-state index < -0.39 is 6.30 Å². The molecule has 0 spiro atoms. The van der Waals surface area contributed by atoms with E-state index in [1.807, 2.05) is 6.26 Å². The summed E-state index contributed by atoms with van der Waals surface area (Å²) in [6.45, 7) is 0. The summed E-state index contributed by atoms with van der Waals surface area (Å²) in [5.41, 5.74) is 0.376. The van der Waals surface area contributed by atoms with Gasteiger partial charge in [0.25, 0.3) is 0 Å². The van der Waals surface area contributed by atoms with Crippen LogP contribution in [0.5, 0.6) is 0 Å². The van der Waals surface area contributed by atoms with Gasteiger partial charge in [-0.05, 0) is 18.4 Å². The SMILES string of the molecule is CSc1ccc(C(F)N=C=O)cc1. The van der Waals surface area contributed by atoms with Crippen molar-refractivity contribution in [2.24, 2.45) is 4.99 Å². The zero-order chi connectivity index (χ0) is 9.68. The molecule has 1 aromatic rings. The first-order chi connectivity index (χ1) is 6.27. The fourth-order valence-corrected chi connectivity index (χ4v) is 1.29. The molecule has 0 saturated heterocycles. The van der Waals surface area contributed by atoms with Gasteiger partial charge in [0.05, 0.1) is 0 Å². The Labute approximate surface area is 79.9 Å². The van der Waals surface area contributed by atoms with Crippen molar-refractivity contribution in [1.82, 2.24) is 0 Å². The zero-order valence-electron chi connectivity index (χ0n) is 7.03. The molecule has 0 aliphatic carbocycles. The minimum Gasteiger partial charge on any atom is -0.215 e. The maximum absolute atomic E-state index is 12.9. The average Bonchev–Trinajstić information content (AvgIpc) is 2.18. The third-order valence-corrected chi connectivity index (χ3v) is 2.30. The molecule has 1 aromatic carbocycles. The lowest BCUT2D eigenvalue weighted by molar-refractivity contribution is 0.356. The Hall–Kier alpha value is -1.12. The van der Waals surface area contributed by atoms with E-state index in [0.29, 0.717) is 5.56 Å². The van der Waals surface area contributed by atoms with E-state index in [9.17, 15) is 9.18 Å². The first-order valence-corrected chi connectivity index (χ1v) is 4.85. The number of nitrogens with zero attached hydrogens (tertiary/aromatic N) is 1. The third-order valence-electron chi connectivity index (χ3n) is 1.56. The number of benzene rings is 1. The number of isocyanates is 1. The highest BCUT2D eigenvalue weighted by atomic mass is 32.2. The summed E-state index contributed by atoms with van der Waals surface area (Å²) in [7, 11) is 0. The van der Waals surface area contributed by atoms with Crippen LogP contribution in [-0.2, 0) is 4.79 Å². The highest BCUT2D eigenvalue weighted by molar-refractivity contribution is 7.98. The van der Waals surface area contributed by atoms with E-state index >= 15 is 0 Å². The van der Waals surface area contributed by atoms with Crippen LogP contribution in [0, 0.1) is 0 Å². The van der Waals surface area contributed by atoms with Gasteiger partial charge in [-0.2, -0.15) is 4.99 Å². The van der Waals surface area contributed by atoms with Crippen molar-refractivity contribution in [2.75, 3.05) is 6.26 Å². The summed E-state index contributed by atoms with van der Waals surface area (Å²) in [6, 6.07) is 6.79. The number of aliphatic imine (C=N–C) groups is 1. The number of rotatable bonds is 3. The van der Waals surface area contributed by atoms with Gasteiger partial charge in [0.2, 0.25) is 12.4 Å². The topological polar surface area (TPSA) is 29.4 Å². The Morgan fingerprint density at radius 2 is 2.08 bits per heavy atom. The van der Waals surface area contributed by atoms with E-state index in [0.717, 1.165) is 4.90 Å². The van der Waals surface area contributed by atoms with Gasteiger partial charge in [0.15, 0.2) is 0 Å². The summed E-state index contributed by atoms with van der Waals surface area (Å²) in [5.74, 6) is 0. The van der Waals surface area contributed by atoms with E-state index in [2.05, 4.69) is 4.99 Å². The van der Waals surface area contributed by atoms with Gasteiger partial charge in [-0.15, -0.1) is 11.8 Å². The maximum atomic E-state index is 12.9. The molecule has 0 bridgehead atoms. The van der Waals surface area contributed by atoms with Crippen molar-refractivity contribution in [3.8, 4) is 0 Å². The fourth-order valence-electron chi connectivity index (χ4n) is 0.884.